The second-order valence-corrected chi connectivity index (χ2v) is 4.70. The molecule has 0 saturated carbocycles. The second-order valence-electron chi connectivity index (χ2n) is 4.70. The van der Waals surface area contributed by atoms with Gasteiger partial charge in [0.15, 0.2) is 0 Å². The summed E-state index contributed by atoms with van der Waals surface area (Å²) in [6, 6.07) is 0.653. The van der Waals surface area contributed by atoms with Crippen molar-refractivity contribution in [2.45, 2.75) is 25.8 Å². The van der Waals surface area contributed by atoms with Gasteiger partial charge in [-0.1, -0.05) is 0 Å². The van der Waals surface area contributed by atoms with Crippen LogP contribution < -0.4 is 5.32 Å². The SMILES string of the molecule is CC1CN(CC2CCOC2)CCCN1. The molecule has 2 fully saturated rings. The third-order valence-corrected chi connectivity index (χ3v) is 3.22. The van der Waals surface area contributed by atoms with E-state index in [2.05, 4.69) is 17.1 Å². The molecule has 1 N–H and O–H groups in total. The topological polar surface area (TPSA) is 24.5 Å². The Balaban J connectivity index is 1.77. The Hall–Kier alpha value is -0.120. The van der Waals surface area contributed by atoms with Gasteiger partial charge in [-0.05, 0) is 38.8 Å². The van der Waals surface area contributed by atoms with E-state index in [0.29, 0.717) is 6.04 Å². The van der Waals surface area contributed by atoms with E-state index in [1.165, 1.54) is 39.0 Å². The van der Waals surface area contributed by atoms with Crippen molar-refractivity contribution >= 4 is 0 Å². The summed E-state index contributed by atoms with van der Waals surface area (Å²) in [6.45, 7) is 9.13. The highest BCUT2D eigenvalue weighted by atomic mass is 16.5. The van der Waals surface area contributed by atoms with Crippen molar-refractivity contribution in [1.29, 1.82) is 0 Å². The van der Waals surface area contributed by atoms with Gasteiger partial charge in [0.05, 0.1) is 6.61 Å². The molecule has 2 aliphatic rings. The highest BCUT2D eigenvalue weighted by Gasteiger charge is 2.21. The lowest BCUT2D eigenvalue weighted by Gasteiger charge is -2.24. The zero-order valence-electron chi connectivity index (χ0n) is 9.17. The third kappa shape index (κ3) is 2.94. The van der Waals surface area contributed by atoms with E-state index in [1.54, 1.807) is 0 Å². The van der Waals surface area contributed by atoms with E-state index in [1.807, 2.05) is 0 Å². The van der Waals surface area contributed by atoms with Crippen LogP contribution in [0.25, 0.3) is 0 Å². The van der Waals surface area contributed by atoms with Gasteiger partial charge in [-0.15, -0.1) is 0 Å². The molecule has 0 radical (unpaired) electrons. The summed E-state index contributed by atoms with van der Waals surface area (Å²) in [5.41, 5.74) is 0. The molecule has 2 atom stereocenters. The number of rotatable bonds is 2. The summed E-state index contributed by atoms with van der Waals surface area (Å²) in [5, 5.41) is 3.53. The molecule has 3 nitrogen and oxygen atoms in total. The molecule has 0 spiro atoms. The first-order valence-electron chi connectivity index (χ1n) is 5.88. The Bertz CT molecular complexity index is 169. The molecule has 14 heavy (non-hydrogen) atoms. The van der Waals surface area contributed by atoms with Gasteiger partial charge in [0.2, 0.25) is 0 Å². The van der Waals surface area contributed by atoms with Crippen LogP contribution in [0.2, 0.25) is 0 Å². The maximum absolute atomic E-state index is 5.41. The molecule has 0 aliphatic carbocycles. The minimum Gasteiger partial charge on any atom is -0.381 e. The van der Waals surface area contributed by atoms with Crippen molar-refractivity contribution in [3.05, 3.63) is 0 Å². The number of ether oxygens (including phenoxy) is 1. The Morgan fingerprint density at radius 2 is 2.43 bits per heavy atom. The molecule has 2 saturated heterocycles. The minimum absolute atomic E-state index is 0.653. The maximum Gasteiger partial charge on any atom is 0.0507 e. The summed E-state index contributed by atoms with van der Waals surface area (Å²) in [4.78, 5) is 2.60. The smallest absolute Gasteiger partial charge is 0.0507 e. The van der Waals surface area contributed by atoms with Crippen molar-refractivity contribution < 1.29 is 4.74 Å². The van der Waals surface area contributed by atoms with Crippen molar-refractivity contribution in [2.75, 3.05) is 39.4 Å². The Morgan fingerprint density at radius 3 is 3.21 bits per heavy atom. The van der Waals surface area contributed by atoms with Crippen LogP contribution >= 0.6 is 0 Å². The van der Waals surface area contributed by atoms with Crippen LogP contribution in [-0.2, 0) is 4.74 Å². The summed E-state index contributed by atoms with van der Waals surface area (Å²) in [6.07, 6.45) is 2.55. The van der Waals surface area contributed by atoms with Crippen molar-refractivity contribution in [2.24, 2.45) is 5.92 Å². The zero-order valence-corrected chi connectivity index (χ0v) is 9.17. The van der Waals surface area contributed by atoms with E-state index in [-0.39, 0.29) is 0 Å². The number of hydrogen-bond acceptors (Lipinski definition) is 3. The van der Waals surface area contributed by atoms with Crippen LogP contribution in [0.3, 0.4) is 0 Å². The van der Waals surface area contributed by atoms with Crippen LogP contribution in [-0.4, -0.2) is 50.3 Å². The van der Waals surface area contributed by atoms with Crippen LogP contribution in [0, 0.1) is 5.92 Å². The van der Waals surface area contributed by atoms with Gasteiger partial charge in [0.1, 0.15) is 0 Å². The fraction of sp³-hybridized carbons (Fsp3) is 1.00. The largest absolute Gasteiger partial charge is 0.381 e. The molecule has 2 rings (SSSR count). The van der Waals surface area contributed by atoms with Gasteiger partial charge in [-0.2, -0.15) is 0 Å². The summed E-state index contributed by atoms with van der Waals surface area (Å²) >= 11 is 0. The number of nitrogens with one attached hydrogen (secondary N) is 1. The molecule has 2 unspecified atom stereocenters. The Morgan fingerprint density at radius 1 is 1.50 bits per heavy atom. The maximum atomic E-state index is 5.41. The lowest BCUT2D eigenvalue weighted by atomic mass is 10.1. The minimum atomic E-state index is 0.653. The summed E-state index contributed by atoms with van der Waals surface area (Å²) < 4.78 is 5.41. The Kier molecular flexibility index (Phi) is 3.79. The summed E-state index contributed by atoms with van der Waals surface area (Å²) in [7, 11) is 0. The zero-order chi connectivity index (χ0) is 9.80. The van der Waals surface area contributed by atoms with Gasteiger partial charge < -0.3 is 15.0 Å². The fourth-order valence-corrected chi connectivity index (χ4v) is 2.45. The van der Waals surface area contributed by atoms with Crippen molar-refractivity contribution in [3.8, 4) is 0 Å². The highest BCUT2D eigenvalue weighted by molar-refractivity contribution is 4.76. The van der Waals surface area contributed by atoms with E-state index in [9.17, 15) is 0 Å². The quantitative estimate of drug-likeness (QED) is 0.707. The predicted molar refractivity (Wildman–Crippen MR) is 57.4 cm³/mol. The number of nitrogens with zero attached hydrogens (tertiary/aromatic N) is 1. The molecule has 82 valence electrons. The van der Waals surface area contributed by atoms with Gasteiger partial charge in [-0.3, -0.25) is 0 Å². The molecular weight excluding hydrogens is 176 g/mol. The van der Waals surface area contributed by atoms with Crippen LogP contribution in [0.4, 0.5) is 0 Å². The van der Waals surface area contributed by atoms with Gasteiger partial charge >= 0.3 is 0 Å². The first kappa shape index (κ1) is 10.4. The molecule has 3 heteroatoms. The first-order chi connectivity index (χ1) is 6.84. The van der Waals surface area contributed by atoms with E-state index < -0.39 is 0 Å². The van der Waals surface area contributed by atoms with Crippen LogP contribution in [0.5, 0.6) is 0 Å². The average molecular weight is 198 g/mol. The van der Waals surface area contributed by atoms with Gasteiger partial charge in [-0.25, -0.2) is 0 Å². The predicted octanol–water partition coefficient (Wildman–Crippen LogP) is 0.707. The lowest BCUT2D eigenvalue weighted by molar-refractivity contribution is 0.166. The van der Waals surface area contributed by atoms with E-state index in [0.717, 1.165) is 19.1 Å². The lowest BCUT2D eigenvalue weighted by Crippen LogP contribution is -2.37. The van der Waals surface area contributed by atoms with Crippen LogP contribution in [0.15, 0.2) is 0 Å². The molecule has 0 aromatic heterocycles. The van der Waals surface area contributed by atoms with E-state index >= 15 is 0 Å². The first-order valence-corrected chi connectivity index (χ1v) is 5.88. The second kappa shape index (κ2) is 5.10. The monoisotopic (exact) mass is 198 g/mol. The molecule has 2 heterocycles. The molecule has 0 amide bonds. The molecule has 0 aromatic carbocycles. The highest BCUT2D eigenvalue weighted by Crippen LogP contribution is 2.14. The normalized spacial score (nSPS) is 35.8. The van der Waals surface area contributed by atoms with Crippen molar-refractivity contribution in [1.82, 2.24) is 10.2 Å². The standard InChI is InChI=1S/C11H22N2O/c1-10-7-13(5-2-4-12-10)8-11-3-6-14-9-11/h10-12H,2-9H2,1H3. The average Bonchev–Trinajstić information content (AvgIpc) is 2.56. The molecular formula is C11H22N2O. The fourth-order valence-electron chi connectivity index (χ4n) is 2.45. The number of hydrogen-bond donors (Lipinski definition) is 1. The third-order valence-electron chi connectivity index (χ3n) is 3.22. The van der Waals surface area contributed by atoms with Crippen LogP contribution in [0.1, 0.15) is 19.8 Å². The van der Waals surface area contributed by atoms with Crippen molar-refractivity contribution in [3.63, 3.8) is 0 Å². The van der Waals surface area contributed by atoms with E-state index in [4.69, 9.17) is 4.74 Å². The molecule has 2 aliphatic heterocycles. The molecule has 0 aromatic rings. The summed E-state index contributed by atoms with van der Waals surface area (Å²) in [5.74, 6) is 0.792. The van der Waals surface area contributed by atoms with Gasteiger partial charge in [0.25, 0.3) is 0 Å². The van der Waals surface area contributed by atoms with Gasteiger partial charge in [0, 0.05) is 25.7 Å². The molecule has 0 bridgehead atoms. The Labute approximate surface area is 86.8 Å².